The maximum absolute atomic E-state index is 10.1. The van der Waals surface area contributed by atoms with Gasteiger partial charge in [0.25, 0.3) is 0 Å². The van der Waals surface area contributed by atoms with E-state index in [0.29, 0.717) is 4.47 Å². The first kappa shape index (κ1) is 11.2. The number of anilines is 2. The Labute approximate surface area is 91.6 Å². The van der Waals surface area contributed by atoms with Gasteiger partial charge in [0.05, 0.1) is 0 Å². The van der Waals surface area contributed by atoms with E-state index in [4.69, 9.17) is 0 Å². The highest BCUT2D eigenvalue weighted by molar-refractivity contribution is 9.10. The van der Waals surface area contributed by atoms with E-state index in [-0.39, 0.29) is 11.4 Å². The number of nitrogens with one attached hydrogen (secondary N) is 2. The molecule has 0 fully saturated rings. The zero-order valence-corrected chi connectivity index (χ0v) is 8.72. The molecule has 1 aromatic rings. The van der Waals surface area contributed by atoms with Crippen molar-refractivity contribution in [3.8, 4) is 0 Å². The van der Waals surface area contributed by atoms with E-state index in [1.54, 1.807) is 0 Å². The van der Waals surface area contributed by atoms with Crippen molar-refractivity contribution >= 4 is 27.3 Å². The second-order valence-electron chi connectivity index (χ2n) is 2.47. The molecule has 0 unspecified atom stereocenters. The quantitative estimate of drug-likeness (QED) is 0.639. The SMILES string of the molecule is O=[N+]([O-])Nc1cc(Br)cc(N[N+](=O)[O-])c1. The third kappa shape index (κ3) is 3.77. The van der Waals surface area contributed by atoms with Gasteiger partial charge in [0.2, 0.25) is 0 Å². The highest BCUT2D eigenvalue weighted by Gasteiger charge is 2.06. The van der Waals surface area contributed by atoms with Gasteiger partial charge in [-0.2, -0.15) is 0 Å². The van der Waals surface area contributed by atoms with E-state index in [0.717, 1.165) is 0 Å². The van der Waals surface area contributed by atoms with Crippen LogP contribution in [-0.2, 0) is 0 Å². The number of nitro groups is 2. The van der Waals surface area contributed by atoms with Crippen LogP contribution in [0.25, 0.3) is 0 Å². The first-order valence-corrected chi connectivity index (χ1v) is 4.39. The molecular formula is C6H5BrN4O4. The molecule has 0 atom stereocenters. The molecule has 80 valence electrons. The first-order valence-electron chi connectivity index (χ1n) is 3.60. The van der Waals surface area contributed by atoms with Crippen LogP contribution in [0, 0.1) is 20.2 Å². The molecule has 1 rings (SSSR count). The van der Waals surface area contributed by atoms with Gasteiger partial charge in [0.15, 0.2) is 10.1 Å². The Morgan fingerprint density at radius 1 is 1.00 bits per heavy atom. The van der Waals surface area contributed by atoms with Gasteiger partial charge in [0.1, 0.15) is 11.4 Å². The van der Waals surface area contributed by atoms with Crippen LogP contribution in [0.5, 0.6) is 0 Å². The average molecular weight is 277 g/mol. The van der Waals surface area contributed by atoms with Gasteiger partial charge in [-0.3, -0.25) is 0 Å². The Morgan fingerprint density at radius 2 is 1.40 bits per heavy atom. The minimum absolute atomic E-state index is 0.138. The standard InChI is InChI=1S/C6H5BrN4O4/c7-4-1-5(8-10(12)13)3-6(2-4)9-11(14)15/h1-3,8-9H. The van der Waals surface area contributed by atoms with Crippen LogP contribution in [0.2, 0.25) is 0 Å². The number of hydrogen-bond acceptors (Lipinski definition) is 4. The van der Waals surface area contributed by atoms with Crippen LogP contribution in [0.3, 0.4) is 0 Å². The molecule has 2 N–H and O–H groups in total. The van der Waals surface area contributed by atoms with Gasteiger partial charge in [-0.25, -0.2) is 20.2 Å². The van der Waals surface area contributed by atoms with E-state index < -0.39 is 10.1 Å². The lowest BCUT2D eigenvalue weighted by atomic mass is 10.3. The van der Waals surface area contributed by atoms with Crippen molar-refractivity contribution in [3.05, 3.63) is 42.9 Å². The van der Waals surface area contributed by atoms with Gasteiger partial charge in [-0.15, -0.1) is 10.9 Å². The average Bonchev–Trinajstić information content (AvgIpc) is 1.98. The van der Waals surface area contributed by atoms with Crippen molar-refractivity contribution in [3.63, 3.8) is 0 Å². The van der Waals surface area contributed by atoms with Crippen LogP contribution in [0.4, 0.5) is 11.4 Å². The van der Waals surface area contributed by atoms with Crippen molar-refractivity contribution in [1.82, 2.24) is 0 Å². The Hall–Kier alpha value is -1.90. The van der Waals surface area contributed by atoms with Gasteiger partial charge in [0, 0.05) is 4.47 Å². The molecule has 0 heterocycles. The van der Waals surface area contributed by atoms with Gasteiger partial charge < -0.3 is 0 Å². The fourth-order valence-corrected chi connectivity index (χ4v) is 1.42. The lowest BCUT2D eigenvalue weighted by Gasteiger charge is -2.01. The number of nitrogens with zero attached hydrogens (tertiary/aromatic N) is 2. The van der Waals surface area contributed by atoms with Gasteiger partial charge in [-0.05, 0) is 18.2 Å². The Balaban J connectivity index is 2.94. The molecule has 15 heavy (non-hydrogen) atoms. The maximum atomic E-state index is 10.1. The lowest BCUT2D eigenvalue weighted by Crippen LogP contribution is -2.10. The minimum Gasteiger partial charge on any atom is -0.235 e. The van der Waals surface area contributed by atoms with Crippen LogP contribution < -0.4 is 10.9 Å². The summed E-state index contributed by atoms with van der Waals surface area (Å²) >= 11 is 3.07. The highest BCUT2D eigenvalue weighted by atomic mass is 79.9. The summed E-state index contributed by atoms with van der Waals surface area (Å²) in [5, 5.41) is 18.8. The number of hydrogen-bond donors (Lipinski definition) is 2. The second kappa shape index (κ2) is 4.55. The molecule has 0 aliphatic rings. The molecular weight excluding hydrogens is 272 g/mol. The van der Waals surface area contributed by atoms with E-state index >= 15 is 0 Å². The number of hydrazine groups is 2. The summed E-state index contributed by atoms with van der Waals surface area (Å²) in [4.78, 5) is 20.3. The van der Waals surface area contributed by atoms with Crippen molar-refractivity contribution in [1.29, 1.82) is 0 Å². The summed E-state index contributed by atoms with van der Waals surface area (Å²) in [6.45, 7) is 0. The molecule has 0 bridgehead atoms. The van der Waals surface area contributed by atoms with Crippen molar-refractivity contribution in [2.24, 2.45) is 0 Å². The largest absolute Gasteiger partial charge is 0.235 e. The summed E-state index contributed by atoms with van der Waals surface area (Å²) in [5.41, 5.74) is 4.05. The zero-order valence-electron chi connectivity index (χ0n) is 7.14. The summed E-state index contributed by atoms with van der Waals surface area (Å²) in [6.07, 6.45) is 0. The molecule has 0 amide bonds. The molecule has 0 aliphatic heterocycles. The second-order valence-corrected chi connectivity index (χ2v) is 3.38. The molecule has 1 aromatic carbocycles. The van der Waals surface area contributed by atoms with Gasteiger partial charge >= 0.3 is 0 Å². The molecule has 0 spiro atoms. The van der Waals surface area contributed by atoms with Crippen LogP contribution in [0.1, 0.15) is 0 Å². The van der Waals surface area contributed by atoms with E-state index in [9.17, 15) is 20.2 Å². The topological polar surface area (TPSA) is 110 Å². The summed E-state index contributed by atoms with van der Waals surface area (Å²) in [6, 6.07) is 4.10. The van der Waals surface area contributed by atoms with E-state index in [2.05, 4.69) is 15.9 Å². The first-order chi connectivity index (χ1) is 6.97. The zero-order chi connectivity index (χ0) is 11.4. The molecule has 0 radical (unpaired) electrons. The number of halogens is 1. The lowest BCUT2D eigenvalue weighted by molar-refractivity contribution is -0.446. The Kier molecular flexibility index (Phi) is 3.39. The third-order valence-corrected chi connectivity index (χ3v) is 1.80. The van der Waals surface area contributed by atoms with Gasteiger partial charge in [-0.1, -0.05) is 15.9 Å². The number of benzene rings is 1. The monoisotopic (exact) mass is 276 g/mol. The van der Waals surface area contributed by atoms with Crippen LogP contribution in [-0.4, -0.2) is 10.1 Å². The van der Waals surface area contributed by atoms with Crippen molar-refractivity contribution in [2.75, 3.05) is 10.9 Å². The number of rotatable bonds is 4. The molecule has 0 aliphatic carbocycles. The Bertz CT molecular complexity index is 376. The van der Waals surface area contributed by atoms with Crippen LogP contribution in [0.15, 0.2) is 22.7 Å². The predicted molar refractivity (Wildman–Crippen MR) is 55.4 cm³/mol. The third-order valence-electron chi connectivity index (χ3n) is 1.34. The van der Waals surface area contributed by atoms with Crippen molar-refractivity contribution in [2.45, 2.75) is 0 Å². The molecule has 0 saturated carbocycles. The van der Waals surface area contributed by atoms with Crippen molar-refractivity contribution < 1.29 is 10.1 Å². The normalized spacial score (nSPS) is 9.40. The molecule has 0 aromatic heterocycles. The summed E-state index contributed by atoms with van der Waals surface area (Å²) in [5.74, 6) is 0. The molecule has 9 heteroatoms. The smallest absolute Gasteiger partial charge is 0.162 e. The highest BCUT2D eigenvalue weighted by Crippen LogP contribution is 2.22. The molecule has 0 saturated heterocycles. The fraction of sp³-hybridized carbons (Fsp3) is 0. The minimum atomic E-state index is -0.752. The Morgan fingerprint density at radius 3 is 1.73 bits per heavy atom. The van der Waals surface area contributed by atoms with E-state index in [1.807, 2.05) is 10.9 Å². The summed E-state index contributed by atoms with van der Waals surface area (Å²) in [7, 11) is 0. The summed E-state index contributed by atoms with van der Waals surface area (Å²) < 4.78 is 0.485. The molecule has 8 nitrogen and oxygen atoms in total. The predicted octanol–water partition coefficient (Wildman–Crippen LogP) is 1.66. The fourth-order valence-electron chi connectivity index (χ4n) is 0.930. The maximum Gasteiger partial charge on any atom is 0.162 e. The van der Waals surface area contributed by atoms with Crippen LogP contribution >= 0.6 is 15.9 Å². The van der Waals surface area contributed by atoms with E-state index in [1.165, 1.54) is 18.2 Å².